The summed E-state index contributed by atoms with van der Waals surface area (Å²) in [6, 6.07) is 7.70. The molecule has 0 saturated carbocycles. The van der Waals surface area contributed by atoms with Gasteiger partial charge in [-0.1, -0.05) is 12.1 Å². The van der Waals surface area contributed by atoms with Gasteiger partial charge in [-0.05, 0) is 26.1 Å². The van der Waals surface area contributed by atoms with Gasteiger partial charge in [0.25, 0.3) is 5.91 Å². The monoisotopic (exact) mass is 321 g/mol. The van der Waals surface area contributed by atoms with Crippen LogP contribution >= 0.6 is 23.1 Å². The first-order chi connectivity index (χ1) is 10.2. The molecule has 0 aliphatic rings. The summed E-state index contributed by atoms with van der Waals surface area (Å²) in [5, 5.41) is 9.07. The van der Waals surface area contributed by atoms with Crippen LogP contribution in [0.2, 0.25) is 0 Å². The van der Waals surface area contributed by atoms with Crippen LogP contribution in [0, 0.1) is 6.92 Å². The van der Waals surface area contributed by atoms with Crippen LogP contribution in [0.5, 0.6) is 0 Å². The molecule has 2 rings (SSSR count). The maximum absolute atomic E-state index is 12.2. The van der Waals surface area contributed by atoms with Crippen molar-refractivity contribution in [2.75, 3.05) is 20.1 Å². The van der Waals surface area contributed by atoms with Crippen LogP contribution in [0.15, 0.2) is 34.5 Å². The number of carbonyl (C=O) groups is 1. The molecule has 1 aromatic carbocycles. The Balaban J connectivity index is 2.00. The van der Waals surface area contributed by atoms with E-state index in [0.29, 0.717) is 6.54 Å². The van der Waals surface area contributed by atoms with E-state index in [-0.39, 0.29) is 5.91 Å². The van der Waals surface area contributed by atoms with Gasteiger partial charge in [-0.2, -0.15) is 0 Å². The largest absolute Gasteiger partial charge is 0.351 e. The van der Waals surface area contributed by atoms with E-state index < -0.39 is 0 Å². The number of thioether (sulfide) groups is 1. The molecule has 1 amide bonds. The molecule has 21 heavy (non-hydrogen) atoms. The summed E-state index contributed by atoms with van der Waals surface area (Å²) >= 11 is 3.30. The molecule has 1 heterocycles. The lowest BCUT2D eigenvalue weighted by Gasteiger charge is -2.09. The Hall–Kier alpha value is -1.37. The Kier molecular flexibility index (Phi) is 6.22. The van der Waals surface area contributed by atoms with Gasteiger partial charge >= 0.3 is 0 Å². The van der Waals surface area contributed by atoms with Gasteiger partial charge in [0.1, 0.15) is 0 Å². The first-order valence-corrected chi connectivity index (χ1v) is 8.63. The number of hydrogen-bond donors (Lipinski definition) is 2. The Morgan fingerprint density at radius 2 is 2.14 bits per heavy atom. The molecule has 112 valence electrons. The number of hydrogen-bond acceptors (Lipinski definition) is 5. The summed E-state index contributed by atoms with van der Waals surface area (Å²) in [7, 11) is 1.87. The second kappa shape index (κ2) is 8.17. The van der Waals surface area contributed by atoms with Gasteiger partial charge in [0.2, 0.25) is 0 Å². The van der Waals surface area contributed by atoms with Crippen LogP contribution in [-0.2, 0) is 5.75 Å². The Bertz CT molecular complexity index is 598. The van der Waals surface area contributed by atoms with Crippen LogP contribution in [0.1, 0.15) is 21.1 Å². The number of thiazole rings is 1. The van der Waals surface area contributed by atoms with E-state index >= 15 is 0 Å². The SMILES string of the molecule is CNCCNC(=O)c1ccccc1SCc1csc(C)n1. The molecule has 0 aliphatic carbocycles. The van der Waals surface area contributed by atoms with E-state index in [4.69, 9.17) is 0 Å². The van der Waals surface area contributed by atoms with Crippen LogP contribution < -0.4 is 10.6 Å². The Morgan fingerprint density at radius 1 is 1.33 bits per heavy atom. The van der Waals surface area contributed by atoms with Gasteiger partial charge in [-0.25, -0.2) is 4.98 Å². The number of likely N-dealkylation sites (N-methyl/N-ethyl adjacent to an activating group) is 1. The van der Waals surface area contributed by atoms with Gasteiger partial charge in [0, 0.05) is 29.1 Å². The van der Waals surface area contributed by atoms with E-state index in [9.17, 15) is 4.79 Å². The second-order valence-corrected chi connectivity index (χ2v) is 6.58. The molecule has 0 fully saturated rings. The molecule has 0 aliphatic heterocycles. The van der Waals surface area contributed by atoms with E-state index in [1.165, 1.54) is 0 Å². The number of nitrogens with zero attached hydrogens (tertiary/aromatic N) is 1. The minimum absolute atomic E-state index is 0.0252. The second-order valence-electron chi connectivity index (χ2n) is 4.50. The maximum Gasteiger partial charge on any atom is 0.252 e. The van der Waals surface area contributed by atoms with E-state index in [0.717, 1.165) is 33.5 Å². The fourth-order valence-corrected chi connectivity index (χ4v) is 3.46. The van der Waals surface area contributed by atoms with Gasteiger partial charge in [0.05, 0.1) is 16.3 Å². The molecule has 1 aromatic heterocycles. The van der Waals surface area contributed by atoms with E-state index in [1.54, 1.807) is 23.1 Å². The molecule has 4 nitrogen and oxygen atoms in total. The lowest BCUT2D eigenvalue weighted by atomic mass is 10.2. The van der Waals surface area contributed by atoms with Crippen molar-refractivity contribution in [1.82, 2.24) is 15.6 Å². The minimum atomic E-state index is -0.0252. The number of amides is 1. The predicted molar refractivity (Wildman–Crippen MR) is 89.1 cm³/mol. The van der Waals surface area contributed by atoms with Crippen molar-refractivity contribution in [1.29, 1.82) is 0 Å². The van der Waals surface area contributed by atoms with Gasteiger partial charge in [0.15, 0.2) is 0 Å². The average Bonchev–Trinajstić information content (AvgIpc) is 2.91. The Labute approximate surface area is 133 Å². The van der Waals surface area contributed by atoms with E-state index in [2.05, 4.69) is 21.0 Å². The van der Waals surface area contributed by atoms with Crippen LogP contribution in [0.25, 0.3) is 0 Å². The van der Waals surface area contributed by atoms with Crippen molar-refractivity contribution in [2.24, 2.45) is 0 Å². The Morgan fingerprint density at radius 3 is 2.86 bits per heavy atom. The third-order valence-electron chi connectivity index (χ3n) is 2.83. The smallest absolute Gasteiger partial charge is 0.252 e. The molecule has 0 radical (unpaired) electrons. The molecular weight excluding hydrogens is 302 g/mol. The van der Waals surface area contributed by atoms with Crippen LogP contribution in [0.4, 0.5) is 0 Å². The highest BCUT2D eigenvalue weighted by molar-refractivity contribution is 7.98. The quantitative estimate of drug-likeness (QED) is 0.608. The van der Waals surface area contributed by atoms with Crippen LogP contribution in [0.3, 0.4) is 0 Å². The molecular formula is C15H19N3OS2. The summed E-state index contributed by atoms with van der Waals surface area (Å²) in [4.78, 5) is 17.6. The van der Waals surface area contributed by atoms with Crippen molar-refractivity contribution in [3.8, 4) is 0 Å². The van der Waals surface area contributed by atoms with Crippen molar-refractivity contribution in [3.63, 3.8) is 0 Å². The van der Waals surface area contributed by atoms with Crippen molar-refractivity contribution < 1.29 is 4.79 Å². The minimum Gasteiger partial charge on any atom is -0.351 e. The molecule has 0 spiro atoms. The third kappa shape index (κ3) is 4.84. The lowest BCUT2D eigenvalue weighted by molar-refractivity contribution is 0.0951. The highest BCUT2D eigenvalue weighted by Gasteiger charge is 2.11. The first-order valence-electron chi connectivity index (χ1n) is 6.76. The zero-order chi connectivity index (χ0) is 15.1. The van der Waals surface area contributed by atoms with Crippen molar-refractivity contribution in [3.05, 3.63) is 45.9 Å². The summed E-state index contributed by atoms with van der Waals surface area (Å²) in [6.45, 7) is 3.39. The highest BCUT2D eigenvalue weighted by Crippen LogP contribution is 2.26. The third-order valence-corrected chi connectivity index (χ3v) is 4.76. The summed E-state index contributed by atoms with van der Waals surface area (Å²) in [5.74, 6) is 0.758. The standard InChI is InChI=1S/C15H19N3OS2/c1-11-18-12(9-20-11)10-21-14-6-4-3-5-13(14)15(19)17-8-7-16-2/h3-6,9,16H,7-8,10H2,1-2H3,(H,17,19). The lowest BCUT2D eigenvalue weighted by Crippen LogP contribution is -2.30. The fraction of sp³-hybridized carbons (Fsp3) is 0.333. The summed E-state index contributed by atoms with van der Waals surface area (Å²) in [5.41, 5.74) is 1.79. The summed E-state index contributed by atoms with van der Waals surface area (Å²) < 4.78 is 0. The van der Waals surface area contributed by atoms with E-state index in [1.807, 2.05) is 38.2 Å². The predicted octanol–water partition coefficient (Wildman–Crippen LogP) is 2.69. The normalized spacial score (nSPS) is 10.6. The molecule has 2 N–H and O–H groups in total. The van der Waals surface area contributed by atoms with Gasteiger partial charge in [-0.15, -0.1) is 23.1 Å². The molecule has 2 aromatic rings. The number of aryl methyl sites for hydroxylation is 1. The van der Waals surface area contributed by atoms with Crippen molar-refractivity contribution >= 4 is 29.0 Å². The molecule has 0 saturated heterocycles. The van der Waals surface area contributed by atoms with Gasteiger partial charge < -0.3 is 10.6 Å². The fourth-order valence-electron chi connectivity index (χ4n) is 1.80. The molecule has 0 atom stereocenters. The van der Waals surface area contributed by atoms with Crippen LogP contribution in [-0.4, -0.2) is 31.0 Å². The first kappa shape index (κ1) is 16.0. The number of nitrogens with one attached hydrogen (secondary N) is 2. The number of aromatic nitrogens is 1. The zero-order valence-electron chi connectivity index (χ0n) is 12.2. The number of rotatable bonds is 7. The molecule has 6 heteroatoms. The zero-order valence-corrected chi connectivity index (χ0v) is 13.8. The molecule has 0 unspecified atom stereocenters. The van der Waals surface area contributed by atoms with Gasteiger partial charge in [-0.3, -0.25) is 4.79 Å². The highest BCUT2D eigenvalue weighted by atomic mass is 32.2. The number of benzene rings is 1. The molecule has 0 bridgehead atoms. The summed E-state index contributed by atoms with van der Waals surface area (Å²) in [6.07, 6.45) is 0. The average molecular weight is 321 g/mol. The number of carbonyl (C=O) groups excluding carboxylic acids is 1. The maximum atomic E-state index is 12.2. The van der Waals surface area contributed by atoms with Crippen molar-refractivity contribution in [2.45, 2.75) is 17.6 Å². The topological polar surface area (TPSA) is 54.0 Å².